The van der Waals surface area contributed by atoms with Gasteiger partial charge in [-0.2, -0.15) is 13.2 Å². The van der Waals surface area contributed by atoms with Gasteiger partial charge in [0.2, 0.25) is 5.92 Å². The summed E-state index contributed by atoms with van der Waals surface area (Å²) in [6.07, 6.45) is -4.90. The van der Waals surface area contributed by atoms with Gasteiger partial charge in [-0.05, 0) is 26.2 Å². The highest BCUT2D eigenvalue weighted by Gasteiger charge is 2.49. The van der Waals surface area contributed by atoms with Crippen LogP contribution < -0.4 is 0 Å². The van der Waals surface area contributed by atoms with Crippen LogP contribution in [0.1, 0.15) is 26.2 Å². The average Bonchev–Trinajstić information content (AvgIpc) is 2.28. The van der Waals surface area contributed by atoms with Crippen molar-refractivity contribution in [2.24, 2.45) is 11.8 Å². The summed E-state index contributed by atoms with van der Waals surface area (Å²) < 4.78 is 61.5. The third-order valence-electron chi connectivity index (χ3n) is 2.61. The molecule has 0 bridgehead atoms. The van der Waals surface area contributed by atoms with Crippen LogP contribution in [0.25, 0.3) is 0 Å². The molecule has 1 aliphatic rings. The number of hydrogen-bond acceptors (Lipinski definition) is 0. The Morgan fingerprint density at radius 1 is 0.923 bits per heavy atom. The third-order valence-corrected chi connectivity index (χ3v) is 2.61. The van der Waals surface area contributed by atoms with Crippen molar-refractivity contribution >= 4 is 0 Å². The van der Waals surface area contributed by atoms with Crippen LogP contribution in [0.2, 0.25) is 0 Å². The van der Waals surface area contributed by atoms with E-state index in [0.29, 0.717) is 6.92 Å². The van der Waals surface area contributed by atoms with E-state index in [2.05, 4.69) is 0 Å². The predicted octanol–water partition coefficient (Wildman–Crippen LogP) is 3.62. The van der Waals surface area contributed by atoms with Crippen molar-refractivity contribution in [1.82, 2.24) is 0 Å². The van der Waals surface area contributed by atoms with Crippen molar-refractivity contribution in [2.45, 2.75) is 38.3 Å². The minimum Gasteiger partial charge on any atom is -0.207 e. The minimum absolute atomic E-state index is 0.0202. The first-order valence-electron chi connectivity index (χ1n) is 4.16. The first-order chi connectivity index (χ1) is 5.71. The molecule has 5 heteroatoms. The van der Waals surface area contributed by atoms with Gasteiger partial charge in [0.05, 0.1) is 5.92 Å². The van der Waals surface area contributed by atoms with E-state index in [1.807, 2.05) is 0 Å². The lowest BCUT2D eigenvalue weighted by Crippen LogP contribution is -2.25. The topological polar surface area (TPSA) is 0 Å². The summed E-state index contributed by atoms with van der Waals surface area (Å²) in [5.74, 6) is -5.59. The van der Waals surface area contributed by atoms with Crippen LogP contribution >= 0.6 is 0 Å². The first kappa shape index (κ1) is 10.7. The van der Waals surface area contributed by atoms with Gasteiger partial charge in [-0.25, -0.2) is 8.78 Å². The van der Waals surface area contributed by atoms with Crippen LogP contribution in [-0.4, -0.2) is 12.1 Å². The summed E-state index contributed by atoms with van der Waals surface area (Å²) in [5, 5.41) is 0. The van der Waals surface area contributed by atoms with Gasteiger partial charge in [0.15, 0.2) is 0 Å². The fourth-order valence-electron chi connectivity index (χ4n) is 1.74. The van der Waals surface area contributed by atoms with Crippen LogP contribution in [0, 0.1) is 11.8 Å². The lowest BCUT2D eigenvalue weighted by molar-refractivity contribution is -0.175. The van der Waals surface area contributed by atoms with Gasteiger partial charge in [0.25, 0.3) is 0 Å². The maximum absolute atomic E-state index is 12.6. The summed E-state index contributed by atoms with van der Waals surface area (Å²) in [6, 6.07) is 0. The van der Waals surface area contributed by atoms with Crippen LogP contribution in [-0.2, 0) is 0 Å². The fraction of sp³-hybridized carbons (Fsp3) is 1.00. The second kappa shape index (κ2) is 3.10. The van der Waals surface area contributed by atoms with E-state index >= 15 is 0 Å². The van der Waals surface area contributed by atoms with E-state index in [1.165, 1.54) is 0 Å². The zero-order valence-electron chi connectivity index (χ0n) is 7.17. The number of alkyl halides is 5. The fourth-order valence-corrected chi connectivity index (χ4v) is 1.74. The van der Waals surface area contributed by atoms with Gasteiger partial charge in [-0.1, -0.05) is 0 Å². The molecule has 1 rings (SSSR count). The van der Waals surface area contributed by atoms with Crippen LogP contribution in [0.3, 0.4) is 0 Å². The lowest BCUT2D eigenvalue weighted by atomic mass is 9.99. The molecule has 2 atom stereocenters. The zero-order valence-corrected chi connectivity index (χ0v) is 7.17. The molecule has 0 spiro atoms. The highest BCUT2D eigenvalue weighted by molar-refractivity contribution is 4.85. The number of rotatable bonds is 1. The Morgan fingerprint density at radius 3 is 1.62 bits per heavy atom. The summed E-state index contributed by atoms with van der Waals surface area (Å²) in [4.78, 5) is 0. The van der Waals surface area contributed by atoms with E-state index in [-0.39, 0.29) is 12.8 Å². The molecule has 0 heterocycles. The van der Waals surface area contributed by atoms with E-state index < -0.39 is 30.4 Å². The van der Waals surface area contributed by atoms with Crippen LogP contribution in [0.5, 0.6) is 0 Å². The molecule has 0 aromatic heterocycles. The Labute approximate surface area is 73.1 Å². The Bertz CT molecular complexity index is 158. The van der Waals surface area contributed by atoms with E-state index in [0.717, 1.165) is 0 Å². The lowest BCUT2D eigenvalue weighted by Gasteiger charge is -2.19. The van der Waals surface area contributed by atoms with Crippen molar-refractivity contribution in [2.75, 3.05) is 0 Å². The SMILES string of the molecule is CC(F)(F)C1CCC(C(F)(F)F)C1. The van der Waals surface area contributed by atoms with Crippen molar-refractivity contribution < 1.29 is 22.0 Å². The summed E-state index contributed by atoms with van der Waals surface area (Å²) in [6.45, 7) is 0.691. The molecular formula is C8H11F5. The van der Waals surface area contributed by atoms with Gasteiger partial charge in [-0.15, -0.1) is 0 Å². The molecule has 1 fully saturated rings. The van der Waals surface area contributed by atoms with Crippen LogP contribution in [0.4, 0.5) is 22.0 Å². The maximum Gasteiger partial charge on any atom is 0.391 e. The molecule has 0 nitrogen and oxygen atoms in total. The molecule has 78 valence electrons. The molecule has 1 saturated carbocycles. The largest absolute Gasteiger partial charge is 0.391 e. The standard InChI is InChI=1S/C8H11F5/c1-7(9,10)5-2-3-6(4-5)8(11,12)13/h5-6H,2-4H2,1H3. The second-order valence-electron chi connectivity index (χ2n) is 3.70. The maximum atomic E-state index is 12.6. The van der Waals surface area contributed by atoms with Crippen molar-refractivity contribution in [3.63, 3.8) is 0 Å². The first-order valence-corrected chi connectivity index (χ1v) is 4.16. The number of halogens is 5. The molecule has 0 aliphatic heterocycles. The van der Waals surface area contributed by atoms with Crippen LogP contribution in [0.15, 0.2) is 0 Å². The van der Waals surface area contributed by atoms with Gasteiger partial charge >= 0.3 is 6.18 Å². The Balaban J connectivity index is 2.55. The average molecular weight is 202 g/mol. The molecule has 1 aliphatic carbocycles. The van der Waals surface area contributed by atoms with Gasteiger partial charge in [-0.3, -0.25) is 0 Å². The third kappa shape index (κ3) is 2.54. The monoisotopic (exact) mass is 202 g/mol. The predicted molar refractivity (Wildman–Crippen MR) is 37.5 cm³/mol. The summed E-state index contributed by atoms with van der Waals surface area (Å²) >= 11 is 0. The molecular weight excluding hydrogens is 191 g/mol. The quantitative estimate of drug-likeness (QED) is 0.569. The highest BCUT2D eigenvalue weighted by atomic mass is 19.4. The molecule has 0 aromatic rings. The molecule has 0 aromatic carbocycles. The Hall–Kier alpha value is -0.350. The van der Waals surface area contributed by atoms with Crippen molar-refractivity contribution in [3.05, 3.63) is 0 Å². The molecule has 0 amide bonds. The second-order valence-corrected chi connectivity index (χ2v) is 3.70. The smallest absolute Gasteiger partial charge is 0.207 e. The molecule has 0 saturated heterocycles. The minimum atomic E-state index is -4.31. The van der Waals surface area contributed by atoms with E-state index in [1.54, 1.807) is 0 Å². The molecule has 13 heavy (non-hydrogen) atoms. The van der Waals surface area contributed by atoms with Crippen molar-refractivity contribution in [3.8, 4) is 0 Å². The van der Waals surface area contributed by atoms with E-state index in [4.69, 9.17) is 0 Å². The Kier molecular flexibility index (Phi) is 2.56. The Morgan fingerprint density at radius 2 is 1.38 bits per heavy atom. The zero-order chi connectivity index (χ0) is 10.3. The number of hydrogen-bond donors (Lipinski definition) is 0. The van der Waals surface area contributed by atoms with Gasteiger partial charge < -0.3 is 0 Å². The highest BCUT2D eigenvalue weighted by Crippen LogP contribution is 2.46. The van der Waals surface area contributed by atoms with Gasteiger partial charge in [0, 0.05) is 5.92 Å². The summed E-state index contributed by atoms with van der Waals surface area (Å²) in [5.41, 5.74) is 0. The summed E-state index contributed by atoms with van der Waals surface area (Å²) in [7, 11) is 0. The molecule has 0 radical (unpaired) electrons. The molecule has 0 N–H and O–H groups in total. The van der Waals surface area contributed by atoms with Crippen molar-refractivity contribution in [1.29, 1.82) is 0 Å². The van der Waals surface area contributed by atoms with E-state index in [9.17, 15) is 22.0 Å². The normalized spacial score (nSPS) is 30.9. The molecule has 2 unspecified atom stereocenters. The van der Waals surface area contributed by atoms with Gasteiger partial charge in [0.1, 0.15) is 0 Å².